The molecule has 2 aromatic carbocycles. The van der Waals surface area contributed by atoms with E-state index in [0.29, 0.717) is 0 Å². The number of nitrogens with zero attached hydrogens (tertiary/aromatic N) is 1. The van der Waals surface area contributed by atoms with E-state index in [2.05, 4.69) is 36.7 Å². The van der Waals surface area contributed by atoms with Crippen LogP contribution in [-0.4, -0.2) is 33.1 Å². The number of carbonyl (C=O) groups excluding carboxylic acids is 1. The van der Waals surface area contributed by atoms with E-state index in [1.165, 1.54) is 17.3 Å². The van der Waals surface area contributed by atoms with Crippen LogP contribution in [0.15, 0.2) is 54.7 Å². The first kappa shape index (κ1) is 20.6. The van der Waals surface area contributed by atoms with Crippen LogP contribution in [-0.2, 0) is 6.42 Å². The number of fused-ring (bicyclic) bond motifs is 1. The smallest absolute Gasteiger partial charge is 0.182 e. The van der Waals surface area contributed by atoms with Crippen molar-refractivity contribution in [2.75, 3.05) is 13.1 Å². The number of para-hydroxylation sites is 1. The standard InChI is InChI=1S/C23H26N2OS2/c1-4-16-13-10-14-18-19(15-24-20(16)18)21(26)22(17-11-8-7-9-12-17)28-23(27)25(5-2)6-3/h7-15,22,24H,4-6H2,1-3H3/t22-/m1/s1. The van der Waals surface area contributed by atoms with Crippen LogP contribution in [0.25, 0.3) is 10.9 Å². The van der Waals surface area contributed by atoms with Crippen LogP contribution >= 0.6 is 24.0 Å². The maximum Gasteiger partial charge on any atom is 0.182 e. The Morgan fingerprint density at radius 1 is 1.07 bits per heavy atom. The van der Waals surface area contributed by atoms with Crippen LogP contribution in [0.3, 0.4) is 0 Å². The summed E-state index contributed by atoms with van der Waals surface area (Å²) in [4.78, 5) is 19.1. The maximum atomic E-state index is 13.6. The summed E-state index contributed by atoms with van der Waals surface area (Å²) < 4.78 is 0.765. The lowest BCUT2D eigenvalue weighted by Crippen LogP contribution is -2.28. The summed E-state index contributed by atoms with van der Waals surface area (Å²) in [6, 6.07) is 16.1. The van der Waals surface area contributed by atoms with Crippen LogP contribution in [0.2, 0.25) is 0 Å². The van der Waals surface area contributed by atoms with Crippen LogP contribution in [0.5, 0.6) is 0 Å². The minimum atomic E-state index is -0.362. The zero-order chi connectivity index (χ0) is 20.1. The van der Waals surface area contributed by atoms with Gasteiger partial charge < -0.3 is 9.88 Å². The van der Waals surface area contributed by atoms with Crippen LogP contribution < -0.4 is 0 Å². The lowest BCUT2D eigenvalue weighted by molar-refractivity contribution is 0.0991. The molecule has 5 heteroatoms. The largest absolute Gasteiger partial charge is 0.360 e. The number of aromatic amines is 1. The van der Waals surface area contributed by atoms with Gasteiger partial charge in [0, 0.05) is 35.8 Å². The number of aryl methyl sites for hydroxylation is 1. The highest BCUT2D eigenvalue weighted by Gasteiger charge is 2.27. The summed E-state index contributed by atoms with van der Waals surface area (Å²) in [5.74, 6) is 0.0882. The molecule has 0 saturated heterocycles. The number of thiocarbonyl (C=S) groups is 1. The molecule has 146 valence electrons. The Morgan fingerprint density at radius 2 is 1.79 bits per heavy atom. The molecule has 1 heterocycles. The van der Waals surface area contributed by atoms with Gasteiger partial charge in [-0.2, -0.15) is 0 Å². The van der Waals surface area contributed by atoms with Crippen LogP contribution in [0.4, 0.5) is 0 Å². The molecule has 0 radical (unpaired) electrons. The number of aromatic nitrogens is 1. The molecule has 1 atom stereocenters. The van der Waals surface area contributed by atoms with Gasteiger partial charge in [0.25, 0.3) is 0 Å². The van der Waals surface area contributed by atoms with Crippen molar-refractivity contribution in [2.24, 2.45) is 0 Å². The Bertz CT molecular complexity index is 961. The highest BCUT2D eigenvalue weighted by atomic mass is 32.2. The van der Waals surface area contributed by atoms with Gasteiger partial charge in [0.2, 0.25) is 0 Å². The molecular formula is C23H26N2OS2. The molecular weight excluding hydrogens is 384 g/mol. The zero-order valence-corrected chi connectivity index (χ0v) is 18.2. The molecule has 28 heavy (non-hydrogen) atoms. The Hall–Kier alpha value is -2.11. The predicted octanol–water partition coefficient (Wildman–Crippen LogP) is 6.01. The number of carbonyl (C=O) groups is 1. The van der Waals surface area contributed by atoms with Crippen molar-refractivity contribution in [1.82, 2.24) is 9.88 Å². The quantitative estimate of drug-likeness (QED) is 0.382. The molecule has 0 aliphatic rings. The molecule has 0 unspecified atom stereocenters. The van der Waals surface area contributed by atoms with Gasteiger partial charge in [0.05, 0.1) is 5.25 Å². The number of ketones is 1. The van der Waals surface area contributed by atoms with Gasteiger partial charge in [0.15, 0.2) is 5.78 Å². The molecule has 1 N–H and O–H groups in total. The van der Waals surface area contributed by atoms with Gasteiger partial charge in [-0.15, -0.1) is 0 Å². The Balaban J connectivity index is 2.01. The fourth-order valence-corrected chi connectivity index (χ4v) is 5.10. The van der Waals surface area contributed by atoms with Gasteiger partial charge >= 0.3 is 0 Å². The van der Waals surface area contributed by atoms with E-state index < -0.39 is 0 Å². The minimum Gasteiger partial charge on any atom is -0.360 e. The minimum absolute atomic E-state index is 0.0882. The van der Waals surface area contributed by atoms with Gasteiger partial charge in [-0.1, -0.05) is 79.4 Å². The molecule has 3 rings (SSSR count). The molecule has 3 nitrogen and oxygen atoms in total. The second-order valence-electron chi connectivity index (χ2n) is 6.61. The first-order valence-corrected chi connectivity index (χ1v) is 11.0. The molecule has 0 spiro atoms. The maximum absolute atomic E-state index is 13.6. The summed E-state index contributed by atoms with van der Waals surface area (Å²) in [6.07, 6.45) is 2.78. The van der Waals surface area contributed by atoms with Gasteiger partial charge in [-0.05, 0) is 31.4 Å². The summed E-state index contributed by atoms with van der Waals surface area (Å²) in [5, 5.41) is 0.623. The van der Waals surface area contributed by atoms with Crippen molar-refractivity contribution >= 4 is 45.0 Å². The Labute approximate surface area is 176 Å². The number of H-pyrrole nitrogens is 1. The molecule has 0 amide bonds. The van der Waals surface area contributed by atoms with Crippen molar-refractivity contribution in [2.45, 2.75) is 32.4 Å². The third-order valence-electron chi connectivity index (χ3n) is 5.03. The average Bonchev–Trinajstić information content (AvgIpc) is 3.17. The average molecular weight is 411 g/mol. The fraction of sp³-hybridized carbons (Fsp3) is 0.304. The highest BCUT2D eigenvalue weighted by molar-refractivity contribution is 8.23. The molecule has 0 aliphatic carbocycles. The van der Waals surface area contributed by atoms with Gasteiger partial charge in [0.1, 0.15) is 4.32 Å². The fourth-order valence-electron chi connectivity index (χ4n) is 3.41. The topological polar surface area (TPSA) is 36.1 Å². The number of hydrogen-bond donors (Lipinski definition) is 1. The first-order valence-electron chi connectivity index (χ1n) is 9.74. The molecule has 1 aromatic heterocycles. The molecule has 3 aromatic rings. The van der Waals surface area contributed by atoms with Crippen molar-refractivity contribution in [3.8, 4) is 0 Å². The van der Waals surface area contributed by atoms with Crippen LogP contribution in [0, 0.1) is 0 Å². The van der Waals surface area contributed by atoms with E-state index in [-0.39, 0.29) is 11.0 Å². The second-order valence-corrected chi connectivity index (χ2v) is 8.35. The predicted molar refractivity (Wildman–Crippen MR) is 124 cm³/mol. The van der Waals surface area contributed by atoms with Crippen molar-refractivity contribution < 1.29 is 4.79 Å². The third kappa shape index (κ3) is 4.15. The number of thioether (sulfide) groups is 1. The molecule has 0 saturated carbocycles. The monoisotopic (exact) mass is 410 g/mol. The summed E-state index contributed by atoms with van der Waals surface area (Å²) in [7, 11) is 0. The Kier molecular flexibility index (Phi) is 6.92. The Morgan fingerprint density at radius 3 is 2.43 bits per heavy atom. The van der Waals surface area contributed by atoms with Gasteiger partial charge in [-0.3, -0.25) is 4.79 Å². The van der Waals surface area contributed by atoms with E-state index in [9.17, 15) is 4.79 Å². The SMILES string of the molecule is CCc1cccc2c(C(=O)[C@H](SC(=S)N(CC)CC)c3ccccc3)c[nH]c12. The lowest BCUT2D eigenvalue weighted by Gasteiger charge is -2.24. The normalized spacial score (nSPS) is 12.1. The van der Waals surface area contributed by atoms with Crippen molar-refractivity contribution in [1.29, 1.82) is 0 Å². The van der Waals surface area contributed by atoms with Crippen molar-refractivity contribution in [3.63, 3.8) is 0 Å². The highest BCUT2D eigenvalue weighted by Crippen LogP contribution is 2.36. The number of benzene rings is 2. The van der Waals surface area contributed by atoms with Crippen LogP contribution in [0.1, 0.15) is 47.5 Å². The van der Waals surface area contributed by atoms with Crippen molar-refractivity contribution in [3.05, 3.63) is 71.4 Å². The molecule has 0 fully saturated rings. The van der Waals surface area contributed by atoms with E-state index in [1.54, 1.807) is 0 Å². The summed E-state index contributed by atoms with van der Waals surface area (Å²) >= 11 is 7.14. The van der Waals surface area contributed by atoms with E-state index in [0.717, 1.165) is 45.9 Å². The number of Topliss-reactive ketones (excluding diaryl/α,β-unsaturated/α-hetero) is 1. The van der Waals surface area contributed by atoms with E-state index in [1.807, 2.05) is 48.7 Å². The second kappa shape index (κ2) is 9.39. The van der Waals surface area contributed by atoms with E-state index >= 15 is 0 Å². The third-order valence-corrected chi connectivity index (χ3v) is 6.76. The first-order chi connectivity index (χ1) is 13.6. The number of nitrogens with one attached hydrogen (secondary N) is 1. The zero-order valence-electron chi connectivity index (χ0n) is 16.6. The van der Waals surface area contributed by atoms with E-state index in [4.69, 9.17) is 12.2 Å². The number of rotatable bonds is 7. The summed E-state index contributed by atoms with van der Waals surface area (Å²) in [5.41, 5.74) is 3.98. The molecule has 0 aliphatic heterocycles. The summed E-state index contributed by atoms with van der Waals surface area (Å²) in [6.45, 7) is 7.97. The molecule has 0 bridgehead atoms. The van der Waals surface area contributed by atoms with Gasteiger partial charge in [-0.25, -0.2) is 0 Å². The lowest BCUT2D eigenvalue weighted by atomic mass is 10.0. The number of hydrogen-bond acceptors (Lipinski definition) is 3.